The van der Waals surface area contributed by atoms with E-state index < -0.39 is 0 Å². The van der Waals surface area contributed by atoms with E-state index in [0.717, 1.165) is 57.9 Å². The predicted octanol–water partition coefficient (Wildman–Crippen LogP) is 3.86. The Kier molecular flexibility index (Phi) is 7.01. The molecule has 1 aromatic carbocycles. The minimum Gasteiger partial charge on any atom is -0.354 e. The first-order chi connectivity index (χ1) is 15.5. The fraction of sp³-hybridized carbons (Fsp3) is 0.500. The van der Waals surface area contributed by atoms with Crippen LogP contribution in [0, 0.1) is 6.92 Å². The third-order valence-corrected chi connectivity index (χ3v) is 6.69. The first-order valence-corrected chi connectivity index (χ1v) is 11.9. The lowest BCUT2D eigenvalue weighted by Crippen LogP contribution is -2.45. The van der Waals surface area contributed by atoms with E-state index in [1.165, 1.54) is 28.3 Å². The Morgan fingerprint density at radius 3 is 2.38 bits per heavy atom. The van der Waals surface area contributed by atoms with Crippen molar-refractivity contribution in [3.63, 3.8) is 0 Å². The van der Waals surface area contributed by atoms with E-state index in [1.54, 1.807) is 0 Å². The van der Waals surface area contributed by atoms with E-state index in [-0.39, 0.29) is 0 Å². The maximum Gasteiger partial charge on any atom is 0.137 e. The smallest absolute Gasteiger partial charge is 0.137 e. The maximum atomic E-state index is 5.17. The van der Waals surface area contributed by atoms with Crippen molar-refractivity contribution in [1.82, 2.24) is 24.1 Å². The summed E-state index contributed by atoms with van der Waals surface area (Å²) >= 11 is 0. The van der Waals surface area contributed by atoms with Gasteiger partial charge in [0.05, 0.1) is 11.4 Å². The van der Waals surface area contributed by atoms with Crippen LogP contribution in [0.1, 0.15) is 36.4 Å². The molecule has 2 aromatic heterocycles. The molecule has 1 fully saturated rings. The van der Waals surface area contributed by atoms with Crippen LogP contribution in [0.25, 0.3) is 5.69 Å². The van der Waals surface area contributed by atoms with Gasteiger partial charge in [-0.3, -0.25) is 4.90 Å². The minimum atomic E-state index is 0.915. The quantitative estimate of drug-likeness (QED) is 0.539. The molecule has 32 heavy (non-hydrogen) atoms. The molecule has 1 aliphatic heterocycles. The van der Waals surface area contributed by atoms with E-state index in [0.29, 0.717) is 0 Å². The van der Waals surface area contributed by atoms with Crippen LogP contribution in [-0.2, 0) is 26.6 Å². The van der Waals surface area contributed by atoms with Gasteiger partial charge < -0.3 is 14.4 Å². The second kappa shape index (κ2) is 9.92. The molecule has 6 heteroatoms. The second-order valence-electron chi connectivity index (χ2n) is 9.06. The molecule has 6 nitrogen and oxygen atoms in total. The van der Waals surface area contributed by atoms with Gasteiger partial charge in [0.15, 0.2) is 0 Å². The molecule has 1 aliphatic rings. The Balaban J connectivity index is 1.75. The molecule has 0 N–H and O–H groups in total. The topological polar surface area (TPSA) is 32.5 Å². The zero-order valence-electron chi connectivity index (χ0n) is 20.4. The summed E-state index contributed by atoms with van der Waals surface area (Å²) in [6.07, 6.45) is 3.07. The SMILES string of the molecule is CCc1nn(-c2cccc(C)c2)c(N2CCN(C)CC2)c1CN(CC)Cc1cccn1C. The normalized spacial score (nSPS) is 15.1. The highest BCUT2D eigenvalue weighted by Crippen LogP contribution is 2.31. The van der Waals surface area contributed by atoms with E-state index in [9.17, 15) is 0 Å². The van der Waals surface area contributed by atoms with Gasteiger partial charge >= 0.3 is 0 Å². The van der Waals surface area contributed by atoms with Crippen LogP contribution >= 0.6 is 0 Å². The number of rotatable bonds is 8. The third kappa shape index (κ3) is 4.76. The molecule has 0 bridgehead atoms. The van der Waals surface area contributed by atoms with E-state index in [1.807, 2.05) is 0 Å². The van der Waals surface area contributed by atoms with Gasteiger partial charge in [-0.2, -0.15) is 5.10 Å². The maximum absolute atomic E-state index is 5.17. The van der Waals surface area contributed by atoms with Crippen molar-refractivity contribution < 1.29 is 0 Å². The highest BCUT2D eigenvalue weighted by Gasteiger charge is 2.26. The van der Waals surface area contributed by atoms with Gasteiger partial charge in [0.25, 0.3) is 0 Å². The van der Waals surface area contributed by atoms with Crippen LogP contribution in [0.2, 0.25) is 0 Å². The van der Waals surface area contributed by atoms with Crippen LogP contribution < -0.4 is 4.90 Å². The fourth-order valence-electron chi connectivity index (χ4n) is 4.61. The zero-order valence-corrected chi connectivity index (χ0v) is 20.4. The molecule has 0 saturated carbocycles. The summed E-state index contributed by atoms with van der Waals surface area (Å²) in [6, 6.07) is 13.1. The summed E-state index contributed by atoms with van der Waals surface area (Å²) in [5.74, 6) is 1.28. The first-order valence-electron chi connectivity index (χ1n) is 11.9. The fourth-order valence-corrected chi connectivity index (χ4v) is 4.61. The Morgan fingerprint density at radius 2 is 1.75 bits per heavy atom. The third-order valence-electron chi connectivity index (χ3n) is 6.69. The van der Waals surface area contributed by atoms with Crippen LogP contribution in [0.15, 0.2) is 42.6 Å². The molecule has 0 atom stereocenters. The van der Waals surface area contributed by atoms with Gasteiger partial charge in [-0.1, -0.05) is 26.0 Å². The average Bonchev–Trinajstić information content (AvgIpc) is 3.37. The van der Waals surface area contributed by atoms with Crippen LogP contribution in [0.3, 0.4) is 0 Å². The number of nitrogens with zero attached hydrogens (tertiary/aromatic N) is 6. The number of likely N-dealkylation sites (N-methyl/N-ethyl adjacent to an activating group) is 1. The molecule has 0 unspecified atom stereocenters. The van der Waals surface area contributed by atoms with Gasteiger partial charge in [0, 0.05) is 63.8 Å². The lowest BCUT2D eigenvalue weighted by atomic mass is 10.1. The van der Waals surface area contributed by atoms with Crippen LogP contribution in [0.5, 0.6) is 0 Å². The largest absolute Gasteiger partial charge is 0.354 e. The molecule has 172 valence electrons. The summed E-state index contributed by atoms with van der Waals surface area (Å²) in [5.41, 5.74) is 6.36. The number of hydrogen-bond donors (Lipinski definition) is 0. The van der Waals surface area contributed by atoms with Crippen molar-refractivity contribution in [2.45, 2.75) is 40.3 Å². The Bertz CT molecular complexity index is 1020. The summed E-state index contributed by atoms with van der Waals surface area (Å²) < 4.78 is 4.43. The molecule has 0 spiro atoms. The van der Waals surface area contributed by atoms with Crippen molar-refractivity contribution in [3.05, 3.63) is 65.1 Å². The van der Waals surface area contributed by atoms with Crippen molar-refractivity contribution >= 4 is 5.82 Å². The van der Waals surface area contributed by atoms with Crippen molar-refractivity contribution in [2.75, 3.05) is 44.7 Å². The van der Waals surface area contributed by atoms with Gasteiger partial charge in [-0.05, 0) is 56.8 Å². The highest BCUT2D eigenvalue weighted by atomic mass is 15.4. The van der Waals surface area contributed by atoms with Crippen LogP contribution in [0.4, 0.5) is 5.82 Å². The lowest BCUT2D eigenvalue weighted by molar-refractivity contribution is 0.264. The van der Waals surface area contributed by atoms with Gasteiger partial charge in [0.1, 0.15) is 5.82 Å². The van der Waals surface area contributed by atoms with Gasteiger partial charge in [-0.15, -0.1) is 0 Å². The number of piperazine rings is 1. The van der Waals surface area contributed by atoms with E-state index in [4.69, 9.17) is 5.10 Å². The molecule has 0 aliphatic carbocycles. The molecule has 3 heterocycles. The molecular formula is C26H38N6. The van der Waals surface area contributed by atoms with Gasteiger partial charge in [0.2, 0.25) is 0 Å². The molecule has 1 saturated heterocycles. The number of benzene rings is 1. The Labute approximate surface area is 193 Å². The lowest BCUT2D eigenvalue weighted by Gasteiger charge is -2.35. The van der Waals surface area contributed by atoms with E-state index in [2.05, 4.69) is 101 Å². The zero-order chi connectivity index (χ0) is 22.7. The van der Waals surface area contributed by atoms with Crippen LogP contribution in [-0.4, -0.2) is 63.9 Å². The average molecular weight is 435 g/mol. The van der Waals surface area contributed by atoms with E-state index >= 15 is 0 Å². The summed E-state index contributed by atoms with van der Waals surface area (Å²) in [7, 11) is 4.35. The highest BCUT2D eigenvalue weighted by molar-refractivity contribution is 5.56. The Morgan fingerprint density at radius 1 is 0.969 bits per heavy atom. The van der Waals surface area contributed by atoms with Crippen molar-refractivity contribution in [2.24, 2.45) is 7.05 Å². The standard InChI is InChI=1S/C26H38N6/c1-6-25-24(20-30(7-2)19-23-12-9-13-29(23)5)26(31-16-14-28(4)15-17-31)32(27-25)22-11-8-10-21(3)18-22/h8-13,18H,6-7,14-17,19-20H2,1-5H3. The molecule has 4 rings (SSSR count). The van der Waals surface area contributed by atoms with Gasteiger partial charge in [-0.25, -0.2) is 4.68 Å². The number of anilines is 1. The van der Waals surface area contributed by atoms with Crippen molar-refractivity contribution in [1.29, 1.82) is 0 Å². The minimum absolute atomic E-state index is 0.915. The molecular weight excluding hydrogens is 396 g/mol. The molecule has 0 radical (unpaired) electrons. The first kappa shape index (κ1) is 22.6. The number of aryl methyl sites for hydroxylation is 3. The number of hydrogen-bond acceptors (Lipinski definition) is 4. The number of aromatic nitrogens is 3. The molecule has 0 amide bonds. The Hall–Kier alpha value is -2.57. The van der Waals surface area contributed by atoms with Crippen molar-refractivity contribution in [3.8, 4) is 5.69 Å². The second-order valence-corrected chi connectivity index (χ2v) is 9.06. The predicted molar refractivity (Wildman–Crippen MR) is 133 cm³/mol. The monoisotopic (exact) mass is 434 g/mol. The summed E-state index contributed by atoms with van der Waals surface area (Å²) in [4.78, 5) is 7.50. The summed E-state index contributed by atoms with van der Waals surface area (Å²) in [6.45, 7) is 13.8. The molecule has 3 aromatic rings. The summed E-state index contributed by atoms with van der Waals surface area (Å²) in [5, 5.41) is 5.17.